The van der Waals surface area contributed by atoms with Crippen LogP contribution < -0.4 is 10.6 Å². The summed E-state index contributed by atoms with van der Waals surface area (Å²) in [5.74, 6) is -0.185. The minimum absolute atomic E-state index is 0.185. The Labute approximate surface area is 190 Å². The summed E-state index contributed by atoms with van der Waals surface area (Å²) in [6.07, 6.45) is 3.18. The number of amides is 2. The minimum atomic E-state index is -1.01. The predicted octanol–water partition coefficient (Wildman–Crippen LogP) is 4.67. The van der Waals surface area contributed by atoms with Crippen LogP contribution in [0.3, 0.4) is 0 Å². The van der Waals surface area contributed by atoms with Crippen LogP contribution in [-0.2, 0) is 10.3 Å². The predicted molar refractivity (Wildman–Crippen MR) is 125 cm³/mol. The molecule has 8 heteroatoms. The van der Waals surface area contributed by atoms with E-state index in [0.29, 0.717) is 11.3 Å². The third-order valence-electron chi connectivity index (χ3n) is 6.14. The molecule has 4 aromatic rings. The van der Waals surface area contributed by atoms with Crippen LogP contribution in [0.25, 0.3) is 28.2 Å². The number of fused-ring (bicyclic) bond motifs is 1. The average molecular weight is 441 g/mol. The quantitative estimate of drug-likeness (QED) is 0.417. The van der Waals surface area contributed by atoms with Gasteiger partial charge in [-0.25, -0.2) is 14.3 Å². The van der Waals surface area contributed by atoms with Crippen LogP contribution in [0.5, 0.6) is 0 Å². The Morgan fingerprint density at radius 3 is 2.33 bits per heavy atom. The monoisotopic (exact) mass is 441 g/mol. The van der Waals surface area contributed by atoms with Crippen molar-refractivity contribution in [3.63, 3.8) is 0 Å². The maximum atomic E-state index is 11.7. The highest BCUT2D eigenvalue weighted by Gasteiger charge is 2.40. The van der Waals surface area contributed by atoms with Crippen LogP contribution in [0.15, 0.2) is 66.9 Å². The van der Waals surface area contributed by atoms with Crippen molar-refractivity contribution in [3.05, 3.63) is 72.4 Å². The molecule has 0 saturated heterocycles. The first-order valence-corrected chi connectivity index (χ1v) is 10.8. The van der Waals surface area contributed by atoms with Gasteiger partial charge in [-0.05, 0) is 30.9 Å². The molecule has 0 bridgehead atoms. The molecule has 1 saturated carbocycles. The zero-order valence-electron chi connectivity index (χ0n) is 18.1. The molecule has 0 spiro atoms. The molecule has 0 radical (unpaired) electrons. The van der Waals surface area contributed by atoms with Crippen molar-refractivity contribution in [1.29, 1.82) is 0 Å². The first-order valence-electron chi connectivity index (χ1n) is 10.8. The lowest BCUT2D eigenvalue weighted by molar-refractivity contribution is -0.114. The number of carboxylic acid groups (broad SMARTS) is 1. The van der Waals surface area contributed by atoms with E-state index in [1.165, 1.54) is 6.92 Å². The van der Waals surface area contributed by atoms with E-state index < -0.39 is 11.6 Å². The van der Waals surface area contributed by atoms with Crippen LogP contribution in [0, 0.1) is 0 Å². The molecular weight excluding hydrogens is 418 g/mol. The van der Waals surface area contributed by atoms with Crippen molar-refractivity contribution in [3.8, 4) is 22.5 Å². The summed E-state index contributed by atoms with van der Waals surface area (Å²) in [5, 5.41) is 19.3. The zero-order valence-corrected chi connectivity index (χ0v) is 18.1. The van der Waals surface area contributed by atoms with E-state index in [2.05, 4.69) is 15.7 Å². The summed E-state index contributed by atoms with van der Waals surface area (Å²) in [4.78, 5) is 27.9. The number of hydrogen-bond acceptors (Lipinski definition) is 4. The zero-order chi connectivity index (χ0) is 23.0. The molecule has 1 aliphatic carbocycles. The molecule has 0 atom stereocenters. The normalized spacial score (nSPS) is 14.5. The van der Waals surface area contributed by atoms with Crippen molar-refractivity contribution in [1.82, 2.24) is 19.9 Å². The topological polar surface area (TPSA) is 109 Å². The van der Waals surface area contributed by atoms with Crippen molar-refractivity contribution in [2.45, 2.75) is 31.7 Å². The first kappa shape index (κ1) is 20.7. The van der Waals surface area contributed by atoms with E-state index in [4.69, 9.17) is 4.98 Å². The summed E-state index contributed by atoms with van der Waals surface area (Å²) in [7, 11) is 0. The van der Waals surface area contributed by atoms with Crippen molar-refractivity contribution >= 4 is 23.3 Å². The van der Waals surface area contributed by atoms with Crippen LogP contribution in [-0.4, -0.2) is 31.7 Å². The fourth-order valence-electron chi connectivity index (χ4n) is 4.46. The maximum Gasteiger partial charge on any atom is 0.405 e. The molecule has 1 aliphatic rings. The molecule has 2 aromatic carbocycles. The van der Waals surface area contributed by atoms with E-state index in [0.717, 1.165) is 47.3 Å². The molecule has 8 nitrogen and oxygen atoms in total. The highest BCUT2D eigenvalue weighted by molar-refractivity contribution is 5.94. The molecule has 2 amide bonds. The Morgan fingerprint density at radius 2 is 1.73 bits per heavy atom. The SMILES string of the molecule is CC(=O)Nc1ccnn2c(-c3ccccc3)c(-c3ccc(C4(NC(=O)O)CCC4)cc3)nc12. The maximum absolute atomic E-state index is 11.7. The lowest BCUT2D eigenvalue weighted by Crippen LogP contribution is -2.50. The molecule has 3 N–H and O–H groups in total. The number of carbonyl (C=O) groups excluding carboxylic acids is 1. The van der Waals surface area contributed by atoms with Crippen LogP contribution in [0.2, 0.25) is 0 Å². The summed E-state index contributed by atoms with van der Waals surface area (Å²) >= 11 is 0. The number of nitrogens with zero attached hydrogens (tertiary/aromatic N) is 3. The fraction of sp³-hybridized carbons (Fsp3) is 0.200. The first-order chi connectivity index (χ1) is 16.0. The van der Waals surface area contributed by atoms with E-state index >= 15 is 0 Å². The molecule has 2 heterocycles. The van der Waals surface area contributed by atoms with Gasteiger partial charge in [0, 0.05) is 18.1 Å². The number of anilines is 1. The Balaban J connectivity index is 1.64. The third kappa shape index (κ3) is 3.69. The molecule has 0 unspecified atom stereocenters. The number of hydrogen-bond donors (Lipinski definition) is 3. The Bertz CT molecular complexity index is 1340. The van der Waals surface area contributed by atoms with Gasteiger partial charge in [0.05, 0.1) is 23.1 Å². The number of carbonyl (C=O) groups is 2. The fourth-order valence-corrected chi connectivity index (χ4v) is 4.46. The number of rotatable bonds is 5. The summed E-state index contributed by atoms with van der Waals surface area (Å²) < 4.78 is 1.74. The van der Waals surface area contributed by atoms with Gasteiger partial charge < -0.3 is 15.7 Å². The average Bonchev–Trinajstić information content (AvgIpc) is 3.17. The number of benzene rings is 2. The second kappa shape index (κ2) is 8.05. The second-order valence-electron chi connectivity index (χ2n) is 8.28. The third-order valence-corrected chi connectivity index (χ3v) is 6.14. The van der Waals surface area contributed by atoms with Gasteiger partial charge in [-0.2, -0.15) is 5.10 Å². The standard InChI is InChI=1S/C25H23N5O3/c1-16(31)27-20-12-15-26-30-22(18-6-3-2-4-7-18)21(28-23(20)30)17-8-10-19(11-9-17)25(13-5-14-25)29-24(32)33/h2-4,6-12,15,29H,5,13-14H2,1H3,(H,27,31)(H,32,33). The van der Waals surface area contributed by atoms with Gasteiger partial charge in [-0.3, -0.25) is 4.79 Å². The van der Waals surface area contributed by atoms with E-state index in [-0.39, 0.29) is 5.91 Å². The molecule has 2 aromatic heterocycles. The minimum Gasteiger partial charge on any atom is -0.465 e. The highest BCUT2D eigenvalue weighted by Crippen LogP contribution is 2.42. The van der Waals surface area contributed by atoms with Crippen molar-refractivity contribution in [2.75, 3.05) is 5.32 Å². The Morgan fingerprint density at radius 1 is 1.00 bits per heavy atom. The molecule has 33 heavy (non-hydrogen) atoms. The second-order valence-corrected chi connectivity index (χ2v) is 8.28. The number of aromatic nitrogens is 3. The molecule has 5 rings (SSSR count). The van der Waals surface area contributed by atoms with Gasteiger partial charge >= 0.3 is 6.09 Å². The smallest absolute Gasteiger partial charge is 0.405 e. The number of nitrogens with one attached hydrogen (secondary N) is 2. The lowest BCUT2D eigenvalue weighted by Gasteiger charge is -2.42. The van der Waals surface area contributed by atoms with E-state index in [9.17, 15) is 14.7 Å². The van der Waals surface area contributed by atoms with Crippen LogP contribution in [0.4, 0.5) is 10.5 Å². The van der Waals surface area contributed by atoms with Gasteiger partial charge in [-0.1, -0.05) is 54.6 Å². The van der Waals surface area contributed by atoms with Gasteiger partial charge in [0.15, 0.2) is 5.65 Å². The summed E-state index contributed by atoms with van der Waals surface area (Å²) in [6, 6.07) is 19.4. The lowest BCUT2D eigenvalue weighted by atomic mass is 9.72. The molecule has 1 fully saturated rings. The molecular formula is C25H23N5O3. The van der Waals surface area contributed by atoms with Crippen LogP contribution >= 0.6 is 0 Å². The van der Waals surface area contributed by atoms with E-state index in [1.807, 2.05) is 54.6 Å². The Kier molecular flexibility index (Phi) is 5.05. The Hall–Kier alpha value is -4.20. The van der Waals surface area contributed by atoms with Gasteiger partial charge in [0.1, 0.15) is 5.69 Å². The van der Waals surface area contributed by atoms with Gasteiger partial charge in [-0.15, -0.1) is 0 Å². The van der Waals surface area contributed by atoms with Crippen LogP contribution in [0.1, 0.15) is 31.7 Å². The largest absolute Gasteiger partial charge is 0.465 e. The van der Waals surface area contributed by atoms with Gasteiger partial charge in [0.2, 0.25) is 5.91 Å². The number of imidazole rings is 1. The van der Waals surface area contributed by atoms with Crippen molar-refractivity contribution < 1.29 is 14.7 Å². The van der Waals surface area contributed by atoms with Gasteiger partial charge in [0.25, 0.3) is 0 Å². The molecule has 0 aliphatic heterocycles. The molecule has 166 valence electrons. The van der Waals surface area contributed by atoms with Crippen molar-refractivity contribution in [2.24, 2.45) is 0 Å². The van der Waals surface area contributed by atoms with E-state index in [1.54, 1.807) is 16.8 Å². The summed E-state index contributed by atoms with van der Waals surface area (Å²) in [6.45, 7) is 1.46. The summed E-state index contributed by atoms with van der Waals surface area (Å²) in [5.41, 5.74) is 4.92. The highest BCUT2D eigenvalue weighted by atomic mass is 16.4.